The highest BCUT2D eigenvalue weighted by molar-refractivity contribution is 7.80. The van der Waals surface area contributed by atoms with Gasteiger partial charge < -0.3 is 10.6 Å². The molecule has 1 aromatic carbocycles. The standard InChI is InChI=1S/C11H15ClN2S/c1-3-7-14(2)9-6-4-5-8(12)10(9)11(13)15/h4-6H,3,7H2,1-2H3,(H2,13,15). The maximum Gasteiger partial charge on any atom is 0.107 e. The minimum atomic E-state index is 0.346. The third-order valence-corrected chi connectivity index (χ3v) is 2.73. The number of nitrogens with zero attached hydrogens (tertiary/aromatic N) is 1. The molecule has 0 unspecified atom stereocenters. The van der Waals surface area contributed by atoms with Gasteiger partial charge in [0.25, 0.3) is 0 Å². The zero-order valence-electron chi connectivity index (χ0n) is 8.96. The molecule has 0 heterocycles. The molecule has 4 heteroatoms. The van der Waals surface area contributed by atoms with E-state index in [1.807, 2.05) is 19.2 Å². The molecule has 0 amide bonds. The Hall–Kier alpha value is -0.800. The Balaban J connectivity index is 3.16. The average Bonchev–Trinajstić information content (AvgIpc) is 2.17. The summed E-state index contributed by atoms with van der Waals surface area (Å²) < 4.78 is 0. The number of halogens is 1. The Kier molecular flexibility index (Phi) is 4.36. The Labute approximate surface area is 101 Å². The number of benzene rings is 1. The van der Waals surface area contributed by atoms with Crippen LogP contribution in [0.1, 0.15) is 18.9 Å². The molecular formula is C11H15ClN2S. The van der Waals surface area contributed by atoms with Crippen molar-refractivity contribution in [1.29, 1.82) is 0 Å². The van der Waals surface area contributed by atoms with E-state index in [1.165, 1.54) is 0 Å². The van der Waals surface area contributed by atoms with Gasteiger partial charge in [-0.2, -0.15) is 0 Å². The third kappa shape index (κ3) is 2.83. The predicted octanol–water partition coefficient (Wildman–Crippen LogP) is 2.82. The lowest BCUT2D eigenvalue weighted by atomic mass is 10.1. The summed E-state index contributed by atoms with van der Waals surface area (Å²) in [7, 11) is 2.01. The van der Waals surface area contributed by atoms with Crippen molar-refractivity contribution in [3.63, 3.8) is 0 Å². The van der Waals surface area contributed by atoms with E-state index in [2.05, 4.69) is 11.8 Å². The lowest BCUT2D eigenvalue weighted by molar-refractivity contribution is 0.851. The molecule has 0 saturated carbocycles. The van der Waals surface area contributed by atoms with Gasteiger partial charge in [-0.15, -0.1) is 0 Å². The molecule has 0 aliphatic rings. The highest BCUT2D eigenvalue weighted by Gasteiger charge is 2.12. The summed E-state index contributed by atoms with van der Waals surface area (Å²) in [4.78, 5) is 2.46. The molecule has 1 aromatic rings. The average molecular weight is 243 g/mol. The Morgan fingerprint density at radius 3 is 2.73 bits per heavy atom. The zero-order valence-corrected chi connectivity index (χ0v) is 10.5. The number of thiocarbonyl (C=S) groups is 1. The quantitative estimate of drug-likeness (QED) is 0.824. The molecular weight excluding hydrogens is 228 g/mol. The topological polar surface area (TPSA) is 29.3 Å². The Morgan fingerprint density at radius 1 is 1.53 bits per heavy atom. The number of nitrogens with two attached hydrogens (primary N) is 1. The van der Waals surface area contributed by atoms with Crippen molar-refractivity contribution < 1.29 is 0 Å². The molecule has 0 aromatic heterocycles. The van der Waals surface area contributed by atoms with Gasteiger partial charge in [0.1, 0.15) is 4.99 Å². The van der Waals surface area contributed by atoms with E-state index < -0.39 is 0 Å². The summed E-state index contributed by atoms with van der Waals surface area (Å²) in [5.74, 6) is 0. The van der Waals surface area contributed by atoms with E-state index in [0.29, 0.717) is 10.0 Å². The number of rotatable bonds is 4. The number of hydrogen-bond donors (Lipinski definition) is 1. The molecule has 1 rings (SSSR count). The molecule has 0 spiro atoms. The maximum absolute atomic E-state index is 6.07. The molecule has 0 atom stereocenters. The number of anilines is 1. The highest BCUT2D eigenvalue weighted by atomic mass is 35.5. The van der Waals surface area contributed by atoms with Crippen molar-refractivity contribution in [3.05, 3.63) is 28.8 Å². The molecule has 2 N–H and O–H groups in total. The predicted molar refractivity (Wildman–Crippen MR) is 70.9 cm³/mol. The van der Waals surface area contributed by atoms with Crippen molar-refractivity contribution >= 4 is 34.5 Å². The molecule has 0 radical (unpaired) electrons. The van der Waals surface area contributed by atoms with Crippen LogP contribution in [0.25, 0.3) is 0 Å². The van der Waals surface area contributed by atoms with Crippen LogP contribution >= 0.6 is 23.8 Å². The van der Waals surface area contributed by atoms with Gasteiger partial charge >= 0.3 is 0 Å². The van der Waals surface area contributed by atoms with E-state index in [0.717, 1.165) is 24.2 Å². The molecule has 0 bridgehead atoms. The first-order chi connectivity index (χ1) is 7.07. The third-order valence-electron chi connectivity index (χ3n) is 2.21. The summed E-state index contributed by atoms with van der Waals surface area (Å²) in [6.07, 6.45) is 1.07. The van der Waals surface area contributed by atoms with Crippen LogP contribution in [0.5, 0.6) is 0 Å². The molecule has 82 valence electrons. The zero-order chi connectivity index (χ0) is 11.4. The Bertz CT molecular complexity index is 366. The van der Waals surface area contributed by atoms with Crippen LogP contribution in [0.4, 0.5) is 5.69 Å². The van der Waals surface area contributed by atoms with Gasteiger partial charge in [0.2, 0.25) is 0 Å². The van der Waals surface area contributed by atoms with Crippen molar-refractivity contribution in [2.24, 2.45) is 5.73 Å². The van der Waals surface area contributed by atoms with Gasteiger partial charge in [-0.3, -0.25) is 0 Å². The first-order valence-electron chi connectivity index (χ1n) is 4.87. The van der Waals surface area contributed by atoms with Crippen LogP contribution < -0.4 is 10.6 Å². The molecule has 0 saturated heterocycles. The van der Waals surface area contributed by atoms with E-state index in [9.17, 15) is 0 Å². The van der Waals surface area contributed by atoms with Crippen molar-refractivity contribution in [2.45, 2.75) is 13.3 Å². The summed E-state index contributed by atoms with van der Waals surface area (Å²) in [6, 6.07) is 5.70. The fraction of sp³-hybridized carbons (Fsp3) is 0.364. The summed E-state index contributed by atoms with van der Waals surface area (Å²) in [6.45, 7) is 3.08. The fourth-order valence-corrected chi connectivity index (χ4v) is 2.07. The lowest BCUT2D eigenvalue weighted by Gasteiger charge is -2.22. The largest absolute Gasteiger partial charge is 0.389 e. The highest BCUT2D eigenvalue weighted by Crippen LogP contribution is 2.26. The molecule has 2 nitrogen and oxygen atoms in total. The van der Waals surface area contributed by atoms with Crippen LogP contribution in [0.15, 0.2) is 18.2 Å². The van der Waals surface area contributed by atoms with Gasteiger partial charge in [-0.25, -0.2) is 0 Å². The lowest BCUT2D eigenvalue weighted by Crippen LogP contribution is -2.22. The summed E-state index contributed by atoms with van der Waals surface area (Å²) in [5.41, 5.74) is 7.44. The Morgan fingerprint density at radius 2 is 2.20 bits per heavy atom. The molecule has 0 fully saturated rings. The summed E-state index contributed by atoms with van der Waals surface area (Å²) in [5, 5.41) is 0.614. The van der Waals surface area contributed by atoms with Crippen molar-refractivity contribution in [2.75, 3.05) is 18.5 Å². The van der Waals surface area contributed by atoms with E-state index in [1.54, 1.807) is 6.07 Å². The second-order valence-electron chi connectivity index (χ2n) is 3.42. The fourth-order valence-electron chi connectivity index (χ4n) is 1.53. The SMILES string of the molecule is CCCN(C)c1cccc(Cl)c1C(N)=S. The van der Waals surface area contributed by atoms with E-state index in [-0.39, 0.29) is 0 Å². The van der Waals surface area contributed by atoms with Crippen LogP contribution in [0, 0.1) is 0 Å². The van der Waals surface area contributed by atoms with Gasteiger partial charge in [-0.1, -0.05) is 36.8 Å². The second-order valence-corrected chi connectivity index (χ2v) is 4.27. The van der Waals surface area contributed by atoms with E-state index in [4.69, 9.17) is 29.6 Å². The summed E-state index contributed by atoms with van der Waals surface area (Å²) >= 11 is 11.1. The van der Waals surface area contributed by atoms with Crippen LogP contribution in [-0.2, 0) is 0 Å². The first-order valence-corrected chi connectivity index (χ1v) is 5.66. The smallest absolute Gasteiger partial charge is 0.107 e. The van der Waals surface area contributed by atoms with Gasteiger partial charge in [0.05, 0.1) is 10.6 Å². The minimum Gasteiger partial charge on any atom is -0.389 e. The van der Waals surface area contributed by atoms with Crippen LogP contribution in [0.2, 0.25) is 5.02 Å². The minimum absolute atomic E-state index is 0.346. The molecule has 0 aliphatic heterocycles. The first kappa shape index (κ1) is 12.3. The monoisotopic (exact) mass is 242 g/mol. The molecule has 15 heavy (non-hydrogen) atoms. The van der Waals surface area contributed by atoms with E-state index >= 15 is 0 Å². The normalized spacial score (nSPS) is 10.1. The second kappa shape index (κ2) is 5.33. The maximum atomic E-state index is 6.07. The van der Waals surface area contributed by atoms with Crippen LogP contribution in [-0.4, -0.2) is 18.6 Å². The molecule has 0 aliphatic carbocycles. The van der Waals surface area contributed by atoms with Crippen LogP contribution in [0.3, 0.4) is 0 Å². The van der Waals surface area contributed by atoms with Gasteiger partial charge in [0.15, 0.2) is 0 Å². The number of hydrogen-bond acceptors (Lipinski definition) is 2. The van der Waals surface area contributed by atoms with Crippen molar-refractivity contribution in [1.82, 2.24) is 0 Å². The van der Waals surface area contributed by atoms with Gasteiger partial charge in [0, 0.05) is 19.3 Å². The van der Waals surface area contributed by atoms with Crippen molar-refractivity contribution in [3.8, 4) is 0 Å². The van der Waals surface area contributed by atoms with Gasteiger partial charge in [-0.05, 0) is 18.6 Å².